The average molecular weight is 482 g/mol. The Morgan fingerprint density at radius 3 is 2.46 bits per heavy atom. The molecule has 0 aromatic carbocycles. The minimum absolute atomic E-state index is 0.0949. The molecule has 0 unspecified atom stereocenters. The average Bonchev–Trinajstić information content (AvgIpc) is 2.79. The molecule has 10 nitrogen and oxygen atoms in total. The molecule has 4 rings (SSSR count). The lowest BCUT2D eigenvalue weighted by Crippen LogP contribution is -2.52. The number of esters is 1. The Bertz CT molecular complexity index is 1040. The number of rotatable bonds is 10. The topological polar surface area (TPSA) is 121 Å². The summed E-state index contributed by atoms with van der Waals surface area (Å²) in [5.41, 5.74) is 0.827. The number of carbonyl (C=O) groups is 2. The summed E-state index contributed by atoms with van der Waals surface area (Å²) in [6.07, 6.45) is 5.83. The van der Waals surface area contributed by atoms with Crippen LogP contribution in [0.15, 0.2) is 24.3 Å². The first-order chi connectivity index (χ1) is 16.8. The van der Waals surface area contributed by atoms with E-state index < -0.39 is 0 Å². The van der Waals surface area contributed by atoms with Gasteiger partial charge in [-0.1, -0.05) is 0 Å². The molecule has 0 aliphatic heterocycles. The van der Waals surface area contributed by atoms with Crippen LogP contribution in [-0.4, -0.2) is 60.8 Å². The molecule has 0 bridgehead atoms. The van der Waals surface area contributed by atoms with Crippen molar-refractivity contribution in [3.05, 3.63) is 29.8 Å². The van der Waals surface area contributed by atoms with Gasteiger partial charge in [0.15, 0.2) is 11.6 Å². The maximum absolute atomic E-state index is 13.0. The molecule has 35 heavy (non-hydrogen) atoms. The highest BCUT2D eigenvalue weighted by molar-refractivity contribution is 6.07. The number of ether oxygens (including phenoxy) is 1. The van der Waals surface area contributed by atoms with E-state index in [1.165, 1.54) is 0 Å². The van der Waals surface area contributed by atoms with Gasteiger partial charge in [-0.3, -0.25) is 9.59 Å². The highest BCUT2D eigenvalue weighted by Gasteiger charge is 2.52. The summed E-state index contributed by atoms with van der Waals surface area (Å²) in [5.74, 6) is 2.57. The van der Waals surface area contributed by atoms with E-state index in [2.05, 4.69) is 31.1 Å². The Hall–Kier alpha value is -3.43. The number of anilines is 4. The molecule has 2 aliphatic rings. The van der Waals surface area contributed by atoms with Crippen molar-refractivity contribution in [1.82, 2.24) is 15.2 Å². The third-order valence-electron chi connectivity index (χ3n) is 6.95. The molecule has 0 radical (unpaired) electrons. The van der Waals surface area contributed by atoms with Gasteiger partial charge in [-0.05, 0) is 74.6 Å². The number of nitrogens with zero attached hydrogens (tertiary/aromatic N) is 4. The predicted octanol–water partition coefficient (Wildman–Crippen LogP) is 3.55. The van der Waals surface area contributed by atoms with Gasteiger partial charge in [-0.2, -0.15) is 0 Å². The van der Waals surface area contributed by atoms with E-state index in [4.69, 9.17) is 4.74 Å². The third-order valence-corrected chi connectivity index (χ3v) is 6.95. The van der Waals surface area contributed by atoms with Crippen molar-refractivity contribution in [3.8, 4) is 0 Å². The largest absolute Gasteiger partial charge is 0.466 e. The molecular weight excluding hydrogens is 446 g/mol. The van der Waals surface area contributed by atoms with E-state index >= 15 is 0 Å². The molecule has 2 aromatic rings. The lowest BCUT2D eigenvalue weighted by molar-refractivity contribution is -0.144. The first kappa shape index (κ1) is 24.7. The van der Waals surface area contributed by atoms with Gasteiger partial charge >= 0.3 is 5.97 Å². The zero-order valence-corrected chi connectivity index (χ0v) is 20.9. The van der Waals surface area contributed by atoms with Gasteiger partial charge < -0.3 is 25.6 Å². The van der Waals surface area contributed by atoms with E-state index in [0.717, 1.165) is 32.1 Å². The van der Waals surface area contributed by atoms with Crippen LogP contribution in [0.25, 0.3) is 0 Å². The number of nitrogens with one attached hydrogen (secondary N) is 3. The first-order valence-electron chi connectivity index (χ1n) is 12.2. The maximum Gasteiger partial charge on any atom is 0.305 e. The van der Waals surface area contributed by atoms with Gasteiger partial charge in [0, 0.05) is 33.6 Å². The predicted molar refractivity (Wildman–Crippen MR) is 136 cm³/mol. The fourth-order valence-electron chi connectivity index (χ4n) is 5.24. The first-order valence-corrected chi connectivity index (χ1v) is 12.2. The monoisotopic (exact) mass is 481 g/mol. The second-order valence-electron chi connectivity index (χ2n) is 9.84. The summed E-state index contributed by atoms with van der Waals surface area (Å²) in [4.78, 5) is 31.1. The molecule has 0 atom stereocenters. The summed E-state index contributed by atoms with van der Waals surface area (Å²) in [5, 5.41) is 17.5. The SMILES string of the molecule is CCOC(=O)CCC1CC2(C1)CC(Nc1nc(NC)ccc1C(=O)Nc1ccc(N(C)C)nn1)C2. The van der Waals surface area contributed by atoms with Crippen LogP contribution < -0.4 is 20.9 Å². The molecule has 1 spiro atoms. The third kappa shape index (κ3) is 5.80. The second kappa shape index (κ2) is 10.5. The normalized spacial score (nSPS) is 22.5. The standard InChI is InChI=1S/C25H35N7O3/c1-5-35-22(33)11-6-16-12-25(13-16)14-17(15-25)27-23-18(7-8-19(26-2)28-23)24(34)29-20-9-10-21(31-30-20)32(3)4/h7-10,16-17H,5-6,11-15H2,1-4H3,(H2,26,27,28)(H,29,30,34). The molecule has 2 heterocycles. The summed E-state index contributed by atoms with van der Waals surface area (Å²) in [6, 6.07) is 7.35. The van der Waals surface area contributed by atoms with E-state index in [-0.39, 0.29) is 17.9 Å². The number of amides is 1. The van der Waals surface area contributed by atoms with Crippen LogP contribution in [0, 0.1) is 11.3 Å². The number of hydrogen-bond donors (Lipinski definition) is 3. The fourth-order valence-corrected chi connectivity index (χ4v) is 5.24. The van der Waals surface area contributed by atoms with Crippen molar-refractivity contribution in [1.29, 1.82) is 0 Å². The molecule has 2 fully saturated rings. The summed E-state index contributed by atoms with van der Waals surface area (Å²) in [7, 11) is 5.57. The maximum atomic E-state index is 13.0. The Labute approximate surface area is 206 Å². The van der Waals surface area contributed by atoms with Crippen molar-refractivity contribution in [2.45, 2.75) is 51.5 Å². The van der Waals surface area contributed by atoms with Crippen LogP contribution in [0.4, 0.5) is 23.3 Å². The highest BCUT2D eigenvalue weighted by atomic mass is 16.5. The van der Waals surface area contributed by atoms with Crippen LogP contribution >= 0.6 is 0 Å². The van der Waals surface area contributed by atoms with Gasteiger partial charge in [0.05, 0.1) is 12.2 Å². The van der Waals surface area contributed by atoms with Crippen LogP contribution in [0.1, 0.15) is 55.8 Å². The van der Waals surface area contributed by atoms with Gasteiger partial charge in [-0.25, -0.2) is 4.98 Å². The van der Waals surface area contributed by atoms with Gasteiger partial charge in [0.25, 0.3) is 5.91 Å². The molecular formula is C25H35N7O3. The molecule has 2 saturated carbocycles. The fraction of sp³-hybridized carbons (Fsp3) is 0.560. The van der Waals surface area contributed by atoms with Crippen molar-refractivity contribution in [2.75, 3.05) is 48.6 Å². The zero-order valence-electron chi connectivity index (χ0n) is 20.9. The minimum atomic E-state index is -0.286. The van der Waals surface area contributed by atoms with Crippen molar-refractivity contribution >= 4 is 35.1 Å². The molecule has 2 aliphatic carbocycles. The molecule has 188 valence electrons. The van der Waals surface area contributed by atoms with Crippen molar-refractivity contribution < 1.29 is 14.3 Å². The number of pyridine rings is 1. The smallest absolute Gasteiger partial charge is 0.305 e. The number of aromatic nitrogens is 3. The molecule has 1 amide bonds. The van der Waals surface area contributed by atoms with Crippen molar-refractivity contribution in [2.24, 2.45) is 11.3 Å². The molecule has 10 heteroatoms. The van der Waals surface area contributed by atoms with Gasteiger partial charge in [0.2, 0.25) is 0 Å². The second-order valence-corrected chi connectivity index (χ2v) is 9.84. The lowest BCUT2D eigenvalue weighted by Gasteiger charge is -2.58. The molecule has 2 aromatic heterocycles. The quantitative estimate of drug-likeness (QED) is 0.437. The van der Waals surface area contributed by atoms with E-state index in [9.17, 15) is 9.59 Å². The zero-order chi connectivity index (χ0) is 25.0. The molecule has 0 saturated heterocycles. The Kier molecular flexibility index (Phi) is 7.37. The minimum Gasteiger partial charge on any atom is -0.466 e. The number of hydrogen-bond acceptors (Lipinski definition) is 9. The van der Waals surface area contributed by atoms with E-state index in [0.29, 0.717) is 53.2 Å². The Morgan fingerprint density at radius 1 is 1.09 bits per heavy atom. The van der Waals surface area contributed by atoms with Crippen molar-refractivity contribution in [3.63, 3.8) is 0 Å². The Balaban J connectivity index is 1.33. The van der Waals surface area contributed by atoms with Gasteiger partial charge in [0.1, 0.15) is 11.6 Å². The van der Waals surface area contributed by atoms with E-state index in [1.807, 2.05) is 25.9 Å². The summed E-state index contributed by atoms with van der Waals surface area (Å²) in [6.45, 7) is 2.28. The van der Waals surface area contributed by atoms with Gasteiger partial charge in [-0.15, -0.1) is 10.2 Å². The number of carbonyl (C=O) groups excluding carboxylic acids is 2. The Morgan fingerprint density at radius 2 is 1.83 bits per heavy atom. The van der Waals surface area contributed by atoms with E-state index in [1.54, 1.807) is 31.3 Å². The van der Waals surface area contributed by atoms with Crippen LogP contribution in [-0.2, 0) is 9.53 Å². The lowest BCUT2D eigenvalue weighted by atomic mass is 9.49. The van der Waals surface area contributed by atoms with Crippen LogP contribution in [0.5, 0.6) is 0 Å². The summed E-state index contributed by atoms with van der Waals surface area (Å²) >= 11 is 0. The van der Waals surface area contributed by atoms with Crippen LogP contribution in [0.3, 0.4) is 0 Å². The van der Waals surface area contributed by atoms with Crippen LogP contribution in [0.2, 0.25) is 0 Å². The molecule has 3 N–H and O–H groups in total. The highest BCUT2D eigenvalue weighted by Crippen LogP contribution is 2.60. The summed E-state index contributed by atoms with van der Waals surface area (Å²) < 4.78 is 5.04.